The third-order valence-electron chi connectivity index (χ3n) is 3.03. The lowest BCUT2D eigenvalue weighted by atomic mass is 10.1. The molecule has 1 aromatic rings. The fourth-order valence-electron chi connectivity index (χ4n) is 1.84. The van der Waals surface area contributed by atoms with Crippen molar-refractivity contribution in [2.45, 2.75) is 50.9 Å². The van der Waals surface area contributed by atoms with E-state index in [1.54, 1.807) is 0 Å². The molecule has 0 radical (unpaired) electrons. The molecule has 1 fully saturated rings. The Morgan fingerprint density at radius 3 is 2.86 bits per heavy atom. The van der Waals surface area contributed by atoms with Crippen LogP contribution < -0.4 is 0 Å². The Hall–Kier alpha value is -0.500. The monoisotopic (exact) mass is 212 g/mol. The van der Waals surface area contributed by atoms with Crippen molar-refractivity contribution in [3.05, 3.63) is 17.5 Å². The van der Waals surface area contributed by atoms with Crippen LogP contribution in [-0.4, -0.2) is 9.78 Å². The molecule has 0 aromatic carbocycles. The first kappa shape index (κ1) is 10.0. The molecule has 14 heavy (non-hydrogen) atoms. The molecule has 1 aliphatic rings. The SMILES string of the molecule is CCC(C)n1ncc(CCl)c1C1CC1. The van der Waals surface area contributed by atoms with Gasteiger partial charge in [-0.3, -0.25) is 4.68 Å². The lowest BCUT2D eigenvalue weighted by molar-refractivity contribution is 0.460. The summed E-state index contributed by atoms with van der Waals surface area (Å²) in [4.78, 5) is 0. The summed E-state index contributed by atoms with van der Waals surface area (Å²) in [5.74, 6) is 1.34. The predicted molar refractivity (Wildman–Crippen MR) is 58.8 cm³/mol. The smallest absolute Gasteiger partial charge is 0.0537 e. The van der Waals surface area contributed by atoms with E-state index in [2.05, 4.69) is 23.6 Å². The van der Waals surface area contributed by atoms with Crippen LogP contribution in [0.15, 0.2) is 6.20 Å². The quantitative estimate of drug-likeness (QED) is 0.699. The highest BCUT2D eigenvalue weighted by atomic mass is 35.5. The molecule has 1 aromatic heterocycles. The Balaban J connectivity index is 2.33. The van der Waals surface area contributed by atoms with E-state index in [0.29, 0.717) is 11.9 Å². The Morgan fingerprint density at radius 1 is 1.64 bits per heavy atom. The summed E-state index contributed by atoms with van der Waals surface area (Å²) in [6, 6.07) is 0.502. The molecule has 2 rings (SSSR count). The zero-order valence-electron chi connectivity index (χ0n) is 8.83. The molecule has 1 unspecified atom stereocenters. The molecule has 0 bridgehead atoms. The average Bonchev–Trinajstić information content (AvgIpc) is 2.96. The highest BCUT2D eigenvalue weighted by Gasteiger charge is 2.30. The second-order valence-corrected chi connectivity index (χ2v) is 4.43. The van der Waals surface area contributed by atoms with Crippen LogP contribution in [0.1, 0.15) is 56.3 Å². The fraction of sp³-hybridized carbons (Fsp3) is 0.727. The van der Waals surface area contributed by atoms with Crippen LogP contribution in [0.5, 0.6) is 0 Å². The van der Waals surface area contributed by atoms with Crippen molar-refractivity contribution in [2.24, 2.45) is 0 Å². The third-order valence-corrected chi connectivity index (χ3v) is 3.32. The lowest BCUT2D eigenvalue weighted by Crippen LogP contribution is -2.09. The van der Waals surface area contributed by atoms with Gasteiger partial charge in [0.25, 0.3) is 0 Å². The summed E-state index contributed by atoms with van der Waals surface area (Å²) in [5.41, 5.74) is 2.63. The molecule has 1 atom stereocenters. The van der Waals surface area contributed by atoms with Gasteiger partial charge in [-0.25, -0.2) is 0 Å². The van der Waals surface area contributed by atoms with E-state index in [1.807, 2.05) is 6.20 Å². The van der Waals surface area contributed by atoms with Gasteiger partial charge in [-0.15, -0.1) is 11.6 Å². The molecule has 1 heterocycles. The standard InChI is InChI=1S/C11H17ClN2/c1-3-8(2)14-11(9-4-5-9)10(6-12)7-13-14/h7-9H,3-6H2,1-2H3. The maximum atomic E-state index is 5.91. The highest BCUT2D eigenvalue weighted by molar-refractivity contribution is 6.17. The summed E-state index contributed by atoms with van der Waals surface area (Å²) in [7, 11) is 0. The van der Waals surface area contributed by atoms with E-state index in [4.69, 9.17) is 11.6 Å². The number of alkyl halides is 1. The van der Waals surface area contributed by atoms with Gasteiger partial charge in [-0.05, 0) is 26.2 Å². The number of aromatic nitrogens is 2. The molecule has 0 N–H and O–H groups in total. The molecular formula is C11H17ClN2. The van der Waals surface area contributed by atoms with Gasteiger partial charge >= 0.3 is 0 Å². The van der Waals surface area contributed by atoms with Crippen molar-refractivity contribution < 1.29 is 0 Å². The Labute approximate surface area is 90.3 Å². The fourth-order valence-corrected chi connectivity index (χ4v) is 2.05. The summed E-state index contributed by atoms with van der Waals surface area (Å²) >= 11 is 5.91. The Kier molecular flexibility index (Phi) is 2.82. The van der Waals surface area contributed by atoms with Gasteiger partial charge in [-0.2, -0.15) is 5.10 Å². The maximum Gasteiger partial charge on any atom is 0.0537 e. The molecule has 0 aliphatic heterocycles. The van der Waals surface area contributed by atoms with Crippen molar-refractivity contribution >= 4 is 11.6 Å². The minimum atomic E-state index is 0.502. The minimum Gasteiger partial charge on any atom is -0.266 e. The summed E-state index contributed by atoms with van der Waals surface area (Å²) in [6.07, 6.45) is 5.69. The summed E-state index contributed by atoms with van der Waals surface area (Å²) < 4.78 is 2.18. The van der Waals surface area contributed by atoms with Gasteiger partial charge in [0.2, 0.25) is 0 Å². The van der Waals surface area contributed by atoms with Gasteiger partial charge in [-0.1, -0.05) is 6.92 Å². The summed E-state index contributed by atoms with van der Waals surface area (Å²) in [6.45, 7) is 4.42. The van der Waals surface area contributed by atoms with Gasteiger partial charge in [0.1, 0.15) is 0 Å². The normalized spacial score (nSPS) is 18.5. The maximum absolute atomic E-state index is 5.91. The molecular weight excluding hydrogens is 196 g/mol. The first-order valence-corrected chi connectivity index (χ1v) is 5.93. The third kappa shape index (κ3) is 1.68. The molecule has 3 heteroatoms. The van der Waals surface area contributed by atoms with Gasteiger partial charge in [0.15, 0.2) is 0 Å². The topological polar surface area (TPSA) is 17.8 Å². The van der Waals surface area contributed by atoms with Crippen molar-refractivity contribution in [1.82, 2.24) is 9.78 Å². The number of nitrogens with zero attached hydrogens (tertiary/aromatic N) is 2. The van der Waals surface area contributed by atoms with Crippen molar-refractivity contribution in [3.63, 3.8) is 0 Å². The van der Waals surface area contributed by atoms with Crippen molar-refractivity contribution in [3.8, 4) is 0 Å². The molecule has 2 nitrogen and oxygen atoms in total. The molecule has 1 aliphatic carbocycles. The van der Waals surface area contributed by atoms with Crippen LogP contribution in [0.3, 0.4) is 0 Å². The number of halogens is 1. The lowest BCUT2D eigenvalue weighted by Gasteiger charge is -2.14. The largest absolute Gasteiger partial charge is 0.266 e. The first-order valence-electron chi connectivity index (χ1n) is 5.40. The first-order chi connectivity index (χ1) is 6.77. The number of rotatable bonds is 4. The van der Waals surface area contributed by atoms with Crippen molar-refractivity contribution in [2.75, 3.05) is 0 Å². The van der Waals surface area contributed by atoms with Gasteiger partial charge in [0, 0.05) is 23.2 Å². The zero-order chi connectivity index (χ0) is 10.1. The minimum absolute atomic E-state index is 0.502. The van der Waals surface area contributed by atoms with Gasteiger partial charge < -0.3 is 0 Å². The van der Waals surface area contributed by atoms with Crippen LogP contribution in [-0.2, 0) is 5.88 Å². The van der Waals surface area contributed by atoms with Crippen LogP contribution in [0.4, 0.5) is 0 Å². The molecule has 78 valence electrons. The van der Waals surface area contributed by atoms with E-state index in [0.717, 1.165) is 12.3 Å². The van der Waals surface area contributed by atoms with Crippen LogP contribution in [0, 0.1) is 0 Å². The van der Waals surface area contributed by atoms with Crippen LogP contribution >= 0.6 is 11.6 Å². The van der Waals surface area contributed by atoms with E-state index >= 15 is 0 Å². The van der Waals surface area contributed by atoms with E-state index in [9.17, 15) is 0 Å². The molecule has 1 saturated carbocycles. The Morgan fingerprint density at radius 2 is 2.36 bits per heavy atom. The van der Waals surface area contributed by atoms with Crippen LogP contribution in [0.25, 0.3) is 0 Å². The molecule has 0 amide bonds. The summed E-state index contributed by atoms with van der Waals surface area (Å²) in [5, 5.41) is 4.45. The predicted octanol–water partition coefficient (Wildman–Crippen LogP) is 3.47. The van der Waals surface area contributed by atoms with Crippen molar-refractivity contribution in [1.29, 1.82) is 0 Å². The van der Waals surface area contributed by atoms with E-state index in [-0.39, 0.29) is 0 Å². The van der Waals surface area contributed by atoms with E-state index in [1.165, 1.54) is 24.1 Å². The second-order valence-electron chi connectivity index (χ2n) is 4.16. The average molecular weight is 213 g/mol. The zero-order valence-corrected chi connectivity index (χ0v) is 9.59. The molecule has 0 saturated heterocycles. The number of hydrogen-bond acceptors (Lipinski definition) is 1. The highest BCUT2D eigenvalue weighted by Crippen LogP contribution is 2.42. The number of hydrogen-bond donors (Lipinski definition) is 0. The van der Waals surface area contributed by atoms with Gasteiger partial charge in [0.05, 0.1) is 12.1 Å². The second kappa shape index (κ2) is 3.93. The van der Waals surface area contributed by atoms with Crippen LogP contribution in [0.2, 0.25) is 0 Å². The molecule has 0 spiro atoms. The Bertz CT molecular complexity index is 315. The van der Waals surface area contributed by atoms with E-state index < -0.39 is 0 Å².